The van der Waals surface area contributed by atoms with Gasteiger partial charge in [-0.25, -0.2) is 13.2 Å². The number of hydrogen-bond donors (Lipinski definition) is 1. The zero-order valence-corrected chi connectivity index (χ0v) is 15.9. The highest BCUT2D eigenvalue weighted by Crippen LogP contribution is 2.43. The topological polar surface area (TPSA) is 35.6 Å². The Morgan fingerprint density at radius 1 is 0.931 bits per heavy atom. The maximum absolute atomic E-state index is 14.2. The van der Waals surface area contributed by atoms with Gasteiger partial charge in [0, 0.05) is 62.7 Å². The number of fused-ring (bicyclic) bond motifs is 1. The first-order valence-electron chi connectivity index (χ1n) is 9.92. The molecule has 4 fully saturated rings. The van der Waals surface area contributed by atoms with E-state index in [9.17, 15) is 18.0 Å². The van der Waals surface area contributed by atoms with Gasteiger partial charge in [-0.1, -0.05) is 30.3 Å². The van der Waals surface area contributed by atoms with Crippen LogP contribution in [0.2, 0.25) is 0 Å². The van der Waals surface area contributed by atoms with Gasteiger partial charge in [0.1, 0.15) is 5.82 Å². The van der Waals surface area contributed by atoms with Crippen molar-refractivity contribution in [3.05, 3.63) is 71.0 Å². The summed E-state index contributed by atoms with van der Waals surface area (Å²) in [6.07, 6.45) is 0. The molecule has 2 aromatic rings. The summed E-state index contributed by atoms with van der Waals surface area (Å²) >= 11 is 0. The van der Waals surface area contributed by atoms with E-state index in [0.717, 1.165) is 44.8 Å². The Bertz CT molecular complexity index is 936. The summed E-state index contributed by atoms with van der Waals surface area (Å²) in [6, 6.07) is 10.9. The van der Waals surface area contributed by atoms with E-state index in [1.165, 1.54) is 0 Å². The molecule has 152 valence electrons. The molecule has 4 aliphatic rings. The molecule has 0 spiro atoms. The number of benzene rings is 2. The summed E-state index contributed by atoms with van der Waals surface area (Å²) in [5, 5.41) is 3.01. The van der Waals surface area contributed by atoms with Crippen molar-refractivity contribution in [1.29, 1.82) is 0 Å². The SMILES string of the molecule is O=C(N[C@H]1C2CN3CCN(C2)CC1(c1ccccc1)C3)c1cc(F)c(F)cc1F. The first kappa shape index (κ1) is 18.6. The van der Waals surface area contributed by atoms with Crippen LogP contribution >= 0.6 is 0 Å². The number of rotatable bonds is 3. The Balaban J connectivity index is 1.53. The monoisotopic (exact) mass is 401 g/mol. The zero-order valence-electron chi connectivity index (χ0n) is 15.9. The van der Waals surface area contributed by atoms with Gasteiger partial charge in [-0.3, -0.25) is 4.79 Å². The van der Waals surface area contributed by atoms with Crippen molar-refractivity contribution in [3.8, 4) is 0 Å². The minimum Gasteiger partial charge on any atom is -0.348 e. The molecule has 7 heteroatoms. The van der Waals surface area contributed by atoms with Gasteiger partial charge >= 0.3 is 0 Å². The summed E-state index contributed by atoms with van der Waals surface area (Å²) in [4.78, 5) is 17.8. The number of piperidine rings is 2. The summed E-state index contributed by atoms with van der Waals surface area (Å²) in [5.41, 5.74) is 0.348. The van der Waals surface area contributed by atoms with Gasteiger partial charge in [0.15, 0.2) is 11.6 Å². The summed E-state index contributed by atoms with van der Waals surface area (Å²) in [5.74, 6) is -4.10. The van der Waals surface area contributed by atoms with E-state index >= 15 is 0 Å². The van der Waals surface area contributed by atoms with Crippen molar-refractivity contribution in [3.63, 3.8) is 0 Å². The minimum atomic E-state index is -1.30. The first-order chi connectivity index (χ1) is 14.0. The molecule has 4 saturated heterocycles. The Labute approximate surface area is 167 Å². The van der Waals surface area contributed by atoms with Gasteiger partial charge in [0.25, 0.3) is 5.91 Å². The molecule has 0 saturated carbocycles. The fourth-order valence-corrected chi connectivity index (χ4v) is 5.48. The van der Waals surface area contributed by atoms with E-state index in [4.69, 9.17) is 0 Å². The fourth-order valence-electron chi connectivity index (χ4n) is 5.48. The number of hydrogen-bond acceptors (Lipinski definition) is 3. The van der Waals surface area contributed by atoms with E-state index in [2.05, 4.69) is 27.2 Å². The second-order valence-electron chi connectivity index (χ2n) is 8.45. The third-order valence-electron chi connectivity index (χ3n) is 6.69. The summed E-state index contributed by atoms with van der Waals surface area (Å²) in [6.45, 7) is 5.30. The van der Waals surface area contributed by atoms with Crippen LogP contribution in [-0.4, -0.2) is 61.0 Å². The number of carbonyl (C=O) groups excluding carboxylic acids is 1. The van der Waals surface area contributed by atoms with Crippen LogP contribution in [0, 0.1) is 23.4 Å². The number of amides is 1. The van der Waals surface area contributed by atoms with E-state index in [1.54, 1.807) is 0 Å². The van der Waals surface area contributed by atoms with Crippen molar-refractivity contribution in [1.82, 2.24) is 15.1 Å². The molecule has 4 aliphatic heterocycles. The van der Waals surface area contributed by atoms with Gasteiger partial charge < -0.3 is 15.1 Å². The van der Waals surface area contributed by atoms with Gasteiger partial charge in [0.05, 0.1) is 5.56 Å². The number of nitrogens with zero attached hydrogens (tertiary/aromatic N) is 2. The van der Waals surface area contributed by atoms with Crippen LogP contribution in [-0.2, 0) is 5.41 Å². The summed E-state index contributed by atoms with van der Waals surface area (Å²) in [7, 11) is 0. The largest absolute Gasteiger partial charge is 0.348 e. The van der Waals surface area contributed by atoms with Crippen molar-refractivity contribution in [2.24, 2.45) is 5.92 Å². The molecule has 4 bridgehead atoms. The van der Waals surface area contributed by atoms with E-state index < -0.39 is 28.9 Å². The van der Waals surface area contributed by atoms with Crippen LogP contribution in [0.15, 0.2) is 42.5 Å². The second-order valence-corrected chi connectivity index (χ2v) is 8.45. The predicted octanol–water partition coefficient (Wildman–Crippen LogP) is 2.40. The van der Waals surface area contributed by atoms with Crippen LogP contribution in [0.5, 0.6) is 0 Å². The molecule has 3 atom stereocenters. The van der Waals surface area contributed by atoms with Crippen molar-refractivity contribution in [2.45, 2.75) is 11.5 Å². The highest BCUT2D eigenvalue weighted by Gasteiger charge is 2.55. The molecule has 1 N–H and O–H groups in total. The number of nitrogens with one attached hydrogen (secondary N) is 1. The summed E-state index contributed by atoms with van der Waals surface area (Å²) < 4.78 is 41.1. The molecule has 6 rings (SSSR count). The molecular formula is C22H22F3N3O. The average molecular weight is 401 g/mol. The minimum absolute atomic E-state index is 0.178. The number of carbonyl (C=O) groups is 1. The fraction of sp³-hybridized carbons (Fsp3) is 0.409. The Morgan fingerprint density at radius 3 is 2.21 bits per heavy atom. The van der Waals surface area contributed by atoms with Crippen molar-refractivity contribution in [2.75, 3.05) is 39.3 Å². The lowest BCUT2D eigenvalue weighted by Gasteiger charge is -2.55. The normalized spacial score (nSPS) is 32.8. The smallest absolute Gasteiger partial charge is 0.254 e. The van der Waals surface area contributed by atoms with E-state index in [-0.39, 0.29) is 17.4 Å². The quantitative estimate of drug-likeness (QED) is 0.803. The van der Waals surface area contributed by atoms with E-state index in [0.29, 0.717) is 12.1 Å². The van der Waals surface area contributed by atoms with E-state index in [1.807, 2.05) is 18.2 Å². The predicted molar refractivity (Wildman–Crippen MR) is 102 cm³/mol. The van der Waals surface area contributed by atoms with Crippen molar-refractivity contribution < 1.29 is 18.0 Å². The molecule has 2 unspecified atom stereocenters. The van der Waals surface area contributed by atoms with Gasteiger partial charge in [-0.05, 0) is 11.6 Å². The molecule has 0 radical (unpaired) electrons. The van der Waals surface area contributed by atoms with Crippen LogP contribution in [0.25, 0.3) is 0 Å². The molecule has 2 aromatic carbocycles. The molecule has 4 nitrogen and oxygen atoms in total. The molecular weight excluding hydrogens is 379 g/mol. The van der Waals surface area contributed by atoms with Crippen LogP contribution in [0.1, 0.15) is 15.9 Å². The van der Waals surface area contributed by atoms with Crippen molar-refractivity contribution >= 4 is 5.91 Å². The maximum Gasteiger partial charge on any atom is 0.254 e. The van der Waals surface area contributed by atoms with Crippen LogP contribution in [0.3, 0.4) is 0 Å². The van der Waals surface area contributed by atoms with Crippen LogP contribution in [0.4, 0.5) is 13.2 Å². The third kappa shape index (κ3) is 3.04. The highest BCUT2D eigenvalue weighted by atomic mass is 19.2. The second kappa shape index (κ2) is 6.85. The lowest BCUT2D eigenvalue weighted by molar-refractivity contribution is 0.0179. The van der Waals surface area contributed by atoms with Gasteiger partial charge in [-0.15, -0.1) is 0 Å². The van der Waals surface area contributed by atoms with Crippen LogP contribution < -0.4 is 5.32 Å². The molecule has 1 amide bonds. The zero-order chi connectivity index (χ0) is 20.2. The molecule has 0 aromatic heterocycles. The Morgan fingerprint density at radius 2 is 1.55 bits per heavy atom. The lowest BCUT2D eigenvalue weighted by Crippen LogP contribution is -2.70. The molecule has 0 aliphatic carbocycles. The Hall–Kier alpha value is -2.38. The Kier molecular flexibility index (Phi) is 4.40. The average Bonchev–Trinajstić information content (AvgIpc) is 2.96. The van der Waals surface area contributed by atoms with Gasteiger partial charge in [0.2, 0.25) is 0 Å². The third-order valence-corrected chi connectivity index (χ3v) is 6.69. The highest BCUT2D eigenvalue weighted by molar-refractivity contribution is 5.94. The molecule has 4 heterocycles. The van der Waals surface area contributed by atoms with Gasteiger partial charge in [-0.2, -0.15) is 0 Å². The standard InChI is InChI=1S/C22H22F3N3O/c23-17-9-19(25)18(24)8-16(17)21(29)26-20-14-10-27-6-7-28(11-14)13-22(20,12-27)15-4-2-1-3-5-15/h1-5,8-9,14,20H,6-7,10-13H2,(H,26,29)/t14?,20-,22?/m0/s1. The molecule has 29 heavy (non-hydrogen) atoms. The lowest BCUT2D eigenvalue weighted by atomic mass is 9.64. The first-order valence-corrected chi connectivity index (χ1v) is 9.92. The number of halogens is 3. The maximum atomic E-state index is 14.2.